The van der Waals surface area contributed by atoms with Crippen LogP contribution in [0, 0.1) is 0 Å². The predicted octanol–water partition coefficient (Wildman–Crippen LogP) is 2.05. The summed E-state index contributed by atoms with van der Waals surface area (Å²) in [4.78, 5) is 24.3. The molecule has 0 aliphatic carbocycles. The standard InChI is InChI=1S/C24H27N9O2/c1-34-17-12-16-5-7-33(14-18(16)19(13-17)35-2)24-28-22-21(25-15-26-22)23(29-24)32-10-8-31(9-11-32)20-4-3-6-27-30-20/h3-4,6,12-13,15H,5,7-11,14H2,1-2H3,(H,25,26,28,29). The summed E-state index contributed by atoms with van der Waals surface area (Å²) in [6.07, 6.45) is 4.24. The van der Waals surface area contributed by atoms with Crippen molar-refractivity contribution in [2.45, 2.75) is 13.0 Å². The molecule has 11 nitrogen and oxygen atoms in total. The van der Waals surface area contributed by atoms with Gasteiger partial charge in [-0.1, -0.05) is 0 Å². The molecule has 0 bridgehead atoms. The van der Waals surface area contributed by atoms with Crippen molar-refractivity contribution in [1.29, 1.82) is 0 Å². The van der Waals surface area contributed by atoms with Gasteiger partial charge in [0.2, 0.25) is 5.95 Å². The maximum absolute atomic E-state index is 5.68. The number of nitrogens with zero attached hydrogens (tertiary/aromatic N) is 8. The van der Waals surface area contributed by atoms with Crippen molar-refractivity contribution in [3.63, 3.8) is 0 Å². The minimum absolute atomic E-state index is 0.665. The lowest BCUT2D eigenvalue weighted by Crippen LogP contribution is -2.47. The van der Waals surface area contributed by atoms with Crippen LogP contribution in [0.4, 0.5) is 17.6 Å². The predicted molar refractivity (Wildman–Crippen MR) is 132 cm³/mol. The Balaban J connectivity index is 1.28. The van der Waals surface area contributed by atoms with Crippen LogP contribution in [0.1, 0.15) is 11.1 Å². The zero-order chi connectivity index (χ0) is 23.8. The molecule has 6 rings (SSSR count). The van der Waals surface area contributed by atoms with E-state index in [0.29, 0.717) is 18.1 Å². The molecule has 4 aromatic rings. The van der Waals surface area contributed by atoms with Gasteiger partial charge in [0.05, 0.1) is 20.5 Å². The molecule has 5 heterocycles. The van der Waals surface area contributed by atoms with Gasteiger partial charge >= 0.3 is 0 Å². The number of anilines is 3. The highest BCUT2D eigenvalue weighted by Crippen LogP contribution is 2.35. The second kappa shape index (κ2) is 8.90. The van der Waals surface area contributed by atoms with Crippen molar-refractivity contribution in [2.24, 2.45) is 0 Å². The summed E-state index contributed by atoms with van der Waals surface area (Å²) in [5.74, 6) is 4.10. The fourth-order valence-electron chi connectivity index (χ4n) is 4.86. The van der Waals surface area contributed by atoms with Crippen LogP contribution in [0.3, 0.4) is 0 Å². The number of hydrogen-bond donors (Lipinski definition) is 1. The molecular formula is C24H27N9O2. The van der Waals surface area contributed by atoms with E-state index < -0.39 is 0 Å². The number of methoxy groups -OCH3 is 2. The summed E-state index contributed by atoms with van der Waals surface area (Å²) >= 11 is 0. The van der Waals surface area contributed by atoms with Crippen LogP contribution in [0.5, 0.6) is 11.5 Å². The fraction of sp³-hybridized carbons (Fsp3) is 0.375. The molecule has 0 unspecified atom stereocenters. The second-order valence-corrected chi connectivity index (χ2v) is 8.64. The van der Waals surface area contributed by atoms with Gasteiger partial charge in [0, 0.05) is 57.1 Å². The molecule has 35 heavy (non-hydrogen) atoms. The van der Waals surface area contributed by atoms with E-state index in [2.05, 4.69) is 40.9 Å². The Bertz CT molecular complexity index is 1320. The second-order valence-electron chi connectivity index (χ2n) is 8.64. The van der Waals surface area contributed by atoms with E-state index in [4.69, 9.17) is 19.4 Å². The molecule has 2 aliphatic heterocycles. The van der Waals surface area contributed by atoms with Crippen LogP contribution in [0.2, 0.25) is 0 Å². The number of benzene rings is 1. The van der Waals surface area contributed by atoms with Crippen LogP contribution in [0.25, 0.3) is 11.2 Å². The van der Waals surface area contributed by atoms with E-state index in [-0.39, 0.29) is 0 Å². The highest BCUT2D eigenvalue weighted by Gasteiger charge is 2.27. The minimum atomic E-state index is 0.665. The summed E-state index contributed by atoms with van der Waals surface area (Å²) in [5.41, 5.74) is 3.92. The molecule has 0 atom stereocenters. The van der Waals surface area contributed by atoms with E-state index in [9.17, 15) is 0 Å². The SMILES string of the molecule is COc1cc2c(c(OC)c1)CN(c1nc(N3CCN(c4cccnn4)CC3)c3[nH]cnc3n1)CC2. The van der Waals surface area contributed by atoms with Gasteiger partial charge in [-0.15, -0.1) is 5.10 Å². The van der Waals surface area contributed by atoms with Gasteiger partial charge in [-0.3, -0.25) is 0 Å². The molecular weight excluding hydrogens is 446 g/mol. The molecule has 180 valence electrons. The first-order valence-corrected chi connectivity index (χ1v) is 11.7. The van der Waals surface area contributed by atoms with Crippen molar-refractivity contribution < 1.29 is 9.47 Å². The smallest absolute Gasteiger partial charge is 0.229 e. The first-order chi connectivity index (χ1) is 17.2. The summed E-state index contributed by atoms with van der Waals surface area (Å²) in [5, 5.41) is 8.26. The highest BCUT2D eigenvalue weighted by atomic mass is 16.5. The van der Waals surface area contributed by atoms with Gasteiger partial charge in [0.1, 0.15) is 17.0 Å². The quantitative estimate of drug-likeness (QED) is 0.463. The number of rotatable bonds is 5. The topological polar surface area (TPSA) is 108 Å². The van der Waals surface area contributed by atoms with E-state index in [1.807, 2.05) is 18.2 Å². The van der Waals surface area contributed by atoms with E-state index >= 15 is 0 Å². The fourth-order valence-corrected chi connectivity index (χ4v) is 4.86. The summed E-state index contributed by atoms with van der Waals surface area (Å²) in [6.45, 7) is 4.78. The lowest BCUT2D eigenvalue weighted by molar-refractivity contribution is 0.388. The molecule has 1 aromatic carbocycles. The van der Waals surface area contributed by atoms with E-state index in [0.717, 1.165) is 73.4 Å². The maximum Gasteiger partial charge on any atom is 0.229 e. The first-order valence-electron chi connectivity index (χ1n) is 11.7. The van der Waals surface area contributed by atoms with E-state index in [1.54, 1.807) is 26.7 Å². The number of aromatic nitrogens is 6. The van der Waals surface area contributed by atoms with Gasteiger partial charge in [-0.2, -0.15) is 15.1 Å². The van der Waals surface area contributed by atoms with Crippen molar-refractivity contribution in [2.75, 3.05) is 61.6 Å². The van der Waals surface area contributed by atoms with Gasteiger partial charge < -0.3 is 29.2 Å². The van der Waals surface area contributed by atoms with Crippen molar-refractivity contribution >= 4 is 28.7 Å². The Morgan fingerprint density at radius 3 is 2.57 bits per heavy atom. The number of fused-ring (bicyclic) bond motifs is 2. The van der Waals surface area contributed by atoms with Crippen LogP contribution in [0.15, 0.2) is 36.8 Å². The highest BCUT2D eigenvalue weighted by molar-refractivity contribution is 5.84. The molecule has 2 aliphatic rings. The Morgan fingerprint density at radius 1 is 0.943 bits per heavy atom. The maximum atomic E-state index is 5.68. The third kappa shape index (κ3) is 3.92. The van der Waals surface area contributed by atoms with Crippen LogP contribution < -0.4 is 24.2 Å². The van der Waals surface area contributed by atoms with Crippen molar-refractivity contribution in [3.05, 3.63) is 47.9 Å². The Kier molecular flexibility index (Phi) is 5.44. The molecule has 0 saturated carbocycles. The third-order valence-corrected chi connectivity index (χ3v) is 6.73. The molecule has 1 fully saturated rings. The number of ether oxygens (including phenoxy) is 2. The monoisotopic (exact) mass is 473 g/mol. The van der Waals surface area contributed by atoms with Gasteiger partial charge in [-0.25, -0.2) is 4.98 Å². The largest absolute Gasteiger partial charge is 0.497 e. The van der Waals surface area contributed by atoms with Crippen LogP contribution in [-0.4, -0.2) is 77.1 Å². The van der Waals surface area contributed by atoms with Gasteiger partial charge in [0.25, 0.3) is 0 Å². The summed E-state index contributed by atoms with van der Waals surface area (Å²) < 4.78 is 11.1. The summed E-state index contributed by atoms with van der Waals surface area (Å²) in [6, 6.07) is 7.94. The number of piperazine rings is 1. The number of nitrogens with one attached hydrogen (secondary N) is 1. The Hall–Kier alpha value is -4.15. The average Bonchev–Trinajstić information content (AvgIpc) is 3.41. The molecule has 1 N–H and O–H groups in total. The number of H-pyrrole nitrogens is 1. The van der Waals surface area contributed by atoms with Crippen LogP contribution >= 0.6 is 0 Å². The van der Waals surface area contributed by atoms with E-state index in [1.165, 1.54) is 5.56 Å². The van der Waals surface area contributed by atoms with Gasteiger partial charge in [0.15, 0.2) is 17.3 Å². The Labute approximate surface area is 202 Å². The number of hydrogen-bond acceptors (Lipinski definition) is 10. The minimum Gasteiger partial charge on any atom is -0.497 e. The number of aromatic amines is 1. The molecule has 11 heteroatoms. The molecule has 0 spiro atoms. The lowest BCUT2D eigenvalue weighted by Gasteiger charge is -2.36. The first kappa shape index (κ1) is 21.4. The molecule has 3 aromatic heterocycles. The normalized spacial score (nSPS) is 15.9. The Morgan fingerprint density at radius 2 is 1.80 bits per heavy atom. The zero-order valence-electron chi connectivity index (χ0n) is 19.8. The molecule has 0 amide bonds. The van der Waals surface area contributed by atoms with Crippen LogP contribution in [-0.2, 0) is 13.0 Å². The van der Waals surface area contributed by atoms with Gasteiger partial charge in [-0.05, 0) is 30.2 Å². The average molecular weight is 474 g/mol. The molecule has 0 radical (unpaired) electrons. The third-order valence-electron chi connectivity index (χ3n) is 6.73. The van der Waals surface area contributed by atoms with Crippen molar-refractivity contribution in [1.82, 2.24) is 30.1 Å². The number of imidazole rings is 1. The summed E-state index contributed by atoms with van der Waals surface area (Å²) in [7, 11) is 3.37. The lowest BCUT2D eigenvalue weighted by atomic mass is 9.98. The molecule has 1 saturated heterocycles. The van der Waals surface area contributed by atoms with Crippen molar-refractivity contribution in [3.8, 4) is 11.5 Å². The zero-order valence-corrected chi connectivity index (χ0v) is 19.8.